The van der Waals surface area contributed by atoms with Crippen LogP contribution in [0.15, 0.2) is 48.5 Å². The topological polar surface area (TPSA) is 61.9 Å². The molecular weight excluding hydrogens is 423 g/mol. The van der Waals surface area contributed by atoms with Crippen LogP contribution in [0.3, 0.4) is 0 Å². The largest absolute Gasteiger partial charge is 0.477 e. The molecule has 2 heterocycles. The van der Waals surface area contributed by atoms with E-state index in [9.17, 15) is 22.8 Å². The molecule has 0 bridgehead atoms. The number of fused-ring (bicyclic) bond motifs is 1. The third-order valence-corrected chi connectivity index (χ3v) is 5.65. The molecule has 170 valence electrons. The summed E-state index contributed by atoms with van der Waals surface area (Å²) in [7, 11) is 0. The molecule has 2 amide bonds. The number of para-hydroxylation sites is 3. The van der Waals surface area contributed by atoms with Crippen LogP contribution in [0.1, 0.15) is 24.8 Å². The number of anilines is 2. The Hall–Kier alpha value is -3.23. The Bertz CT molecular complexity index is 990. The Labute approximate surface area is 183 Å². The monoisotopic (exact) mass is 447 g/mol. The number of hydrogen-bond donors (Lipinski definition) is 1. The highest BCUT2D eigenvalue weighted by Crippen LogP contribution is 2.36. The molecule has 32 heavy (non-hydrogen) atoms. The second-order valence-corrected chi connectivity index (χ2v) is 7.93. The molecule has 2 aromatic rings. The van der Waals surface area contributed by atoms with E-state index in [2.05, 4.69) is 5.32 Å². The molecule has 2 aliphatic rings. The number of carbonyl (C=O) groups excluding carboxylic acids is 2. The summed E-state index contributed by atoms with van der Waals surface area (Å²) in [6.45, 7) is 1.28. The molecule has 0 aliphatic carbocycles. The molecule has 0 saturated carbocycles. The minimum atomic E-state index is -4.58. The van der Waals surface area contributed by atoms with E-state index in [1.807, 2.05) is 0 Å². The van der Waals surface area contributed by atoms with Crippen molar-refractivity contribution in [3.63, 3.8) is 0 Å². The molecule has 4 rings (SSSR count). The Balaban J connectivity index is 1.51. The first kappa shape index (κ1) is 22.0. The number of carbonyl (C=O) groups is 2. The summed E-state index contributed by atoms with van der Waals surface area (Å²) in [6.07, 6.45) is -2.39. The van der Waals surface area contributed by atoms with Crippen LogP contribution in [0.4, 0.5) is 24.5 Å². The third kappa shape index (κ3) is 4.81. The molecule has 1 saturated heterocycles. The van der Waals surface area contributed by atoms with E-state index in [0.717, 1.165) is 25.3 Å². The molecule has 1 atom stereocenters. The van der Waals surface area contributed by atoms with Crippen LogP contribution in [0.2, 0.25) is 0 Å². The van der Waals surface area contributed by atoms with E-state index >= 15 is 0 Å². The van der Waals surface area contributed by atoms with E-state index in [1.165, 1.54) is 18.2 Å². The summed E-state index contributed by atoms with van der Waals surface area (Å²) in [5.74, 6) is -0.271. The lowest BCUT2D eigenvalue weighted by Gasteiger charge is -2.38. The lowest BCUT2D eigenvalue weighted by Crippen LogP contribution is -2.52. The molecule has 6 nitrogen and oxygen atoms in total. The zero-order valence-corrected chi connectivity index (χ0v) is 17.4. The van der Waals surface area contributed by atoms with Gasteiger partial charge >= 0.3 is 6.18 Å². The van der Waals surface area contributed by atoms with Gasteiger partial charge in [-0.05, 0) is 43.5 Å². The van der Waals surface area contributed by atoms with Crippen molar-refractivity contribution in [1.82, 2.24) is 4.90 Å². The van der Waals surface area contributed by atoms with Gasteiger partial charge in [-0.3, -0.25) is 9.59 Å². The second-order valence-electron chi connectivity index (χ2n) is 7.93. The first-order valence-corrected chi connectivity index (χ1v) is 10.6. The highest BCUT2D eigenvalue weighted by atomic mass is 19.4. The van der Waals surface area contributed by atoms with Crippen molar-refractivity contribution in [2.24, 2.45) is 0 Å². The molecular formula is C23H24F3N3O3. The number of benzene rings is 2. The number of likely N-dealkylation sites (tertiary alicyclic amines) is 1. The predicted molar refractivity (Wildman–Crippen MR) is 114 cm³/mol. The maximum atomic E-state index is 13.3. The highest BCUT2D eigenvalue weighted by molar-refractivity contribution is 5.95. The molecule has 0 aromatic heterocycles. The Kier molecular flexibility index (Phi) is 6.25. The van der Waals surface area contributed by atoms with Crippen molar-refractivity contribution < 1.29 is 27.5 Å². The minimum Gasteiger partial charge on any atom is -0.477 e. The molecule has 1 fully saturated rings. The van der Waals surface area contributed by atoms with Crippen molar-refractivity contribution in [1.29, 1.82) is 0 Å². The van der Waals surface area contributed by atoms with Crippen LogP contribution >= 0.6 is 0 Å². The summed E-state index contributed by atoms with van der Waals surface area (Å²) < 4.78 is 45.7. The van der Waals surface area contributed by atoms with Gasteiger partial charge in [-0.25, -0.2) is 0 Å². The van der Waals surface area contributed by atoms with Gasteiger partial charge in [0.2, 0.25) is 5.91 Å². The highest BCUT2D eigenvalue weighted by Gasteiger charge is 2.36. The minimum absolute atomic E-state index is 0.132. The van der Waals surface area contributed by atoms with Gasteiger partial charge in [-0.2, -0.15) is 13.2 Å². The predicted octanol–water partition coefficient (Wildman–Crippen LogP) is 3.92. The first-order valence-electron chi connectivity index (χ1n) is 10.6. The van der Waals surface area contributed by atoms with Gasteiger partial charge in [0.25, 0.3) is 5.91 Å². The maximum Gasteiger partial charge on any atom is 0.418 e. The third-order valence-electron chi connectivity index (χ3n) is 5.65. The maximum absolute atomic E-state index is 13.3. The molecule has 0 spiro atoms. The average Bonchev–Trinajstić information content (AvgIpc) is 2.78. The van der Waals surface area contributed by atoms with E-state index < -0.39 is 23.8 Å². The summed E-state index contributed by atoms with van der Waals surface area (Å²) in [5, 5.41) is 2.37. The number of nitrogens with one attached hydrogen (secondary N) is 1. The fraction of sp³-hybridized carbons (Fsp3) is 0.391. The Morgan fingerprint density at radius 2 is 1.69 bits per heavy atom. The summed E-state index contributed by atoms with van der Waals surface area (Å²) in [5.41, 5.74) is -0.587. The first-order chi connectivity index (χ1) is 15.3. The van der Waals surface area contributed by atoms with Gasteiger partial charge in [-0.15, -0.1) is 0 Å². The number of piperidine rings is 1. The molecule has 0 radical (unpaired) electrons. The SMILES string of the molecule is O=C(CN1C[C@H](C(=O)N2CCCCC2)Oc2ccccc21)Nc1ccccc1C(F)(F)F. The van der Waals surface area contributed by atoms with Crippen molar-refractivity contribution in [2.75, 3.05) is 36.4 Å². The zero-order chi connectivity index (χ0) is 22.7. The fourth-order valence-corrected chi connectivity index (χ4v) is 4.11. The average molecular weight is 447 g/mol. The van der Waals surface area contributed by atoms with E-state index in [1.54, 1.807) is 34.1 Å². The number of rotatable bonds is 4. The van der Waals surface area contributed by atoms with Crippen LogP contribution in [0, 0.1) is 0 Å². The van der Waals surface area contributed by atoms with Crippen LogP contribution in [0.25, 0.3) is 0 Å². The molecule has 2 aliphatic heterocycles. The van der Waals surface area contributed by atoms with Crippen LogP contribution < -0.4 is 15.0 Å². The molecule has 2 aromatic carbocycles. The zero-order valence-electron chi connectivity index (χ0n) is 17.4. The summed E-state index contributed by atoms with van der Waals surface area (Å²) in [6, 6.07) is 11.9. The van der Waals surface area contributed by atoms with Gasteiger partial charge in [0, 0.05) is 13.1 Å². The fourth-order valence-electron chi connectivity index (χ4n) is 4.11. The number of hydrogen-bond acceptors (Lipinski definition) is 4. The molecule has 1 N–H and O–H groups in total. The smallest absolute Gasteiger partial charge is 0.418 e. The number of halogens is 3. The van der Waals surface area contributed by atoms with E-state index in [-0.39, 0.29) is 24.7 Å². The quantitative estimate of drug-likeness (QED) is 0.772. The lowest BCUT2D eigenvalue weighted by molar-refractivity contribution is -0.139. The van der Waals surface area contributed by atoms with E-state index in [4.69, 9.17) is 4.74 Å². The van der Waals surface area contributed by atoms with Crippen molar-refractivity contribution in [3.05, 3.63) is 54.1 Å². The van der Waals surface area contributed by atoms with Gasteiger partial charge in [0.15, 0.2) is 6.10 Å². The van der Waals surface area contributed by atoms with Gasteiger partial charge in [-0.1, -0.05) is 24.3 Å². The summed E-state index contributed by atoms with van der Waals surface area (Å²) in [4.78, 5) is 29.1. The second kappa shape index (κ2) is 9.10. The van der Waals surface area contributed by atoms with Gasteiger partial charge in [0.05, 0.1) is 30.0 Å². The standard InChI is InChI=1S/C23H24F3N3O3/c24-23(25,26)16-8-2-3-9-17(16)27-21(30)15-29-14-20(22(31)28-12-6-1-7-13-28)32-19-11-5-4-10-18(19)29/h2-5,8-11,20H,1,6-7,12-15H2,(H,27,30)/t20-/m1/s1. The van der Waals surface area contributed by atoms with E-state index in [0.29, 0.717) is 24.5 Å². The van der Waals surface area contributed by atoms with Crippen LogP contribution in [0.5, 0.6) is 5.75 Å². The van der Waals surface area contributed by atoms with Crippen molar-refractivity contribution in [3.8, 4) is 5.75 Å². The lowest BCUT2D eigenvalue weighted by atomic mass is 10.1. The van der Waals surface area contributed by atoms with Gasteiger partial charge in [0.1, 0.15) is 5.75 Å². The van der Waals surface area contributed by atoms with Crippen LogP contribution in [-0.4, -0.2) is 49.0 Å². The number of ether oxygens (including phenoxy) is 1. The number of amides is 2. The Morgan fingerprint density at radius 1 is 1.00 bits per heavy atom. The number of alkyl halides is 3. The molecule has 0 unspecified atom stereocenters. The molecule has 9 heteroatoms. The van der Waals surface area contributed by atoms with Gasteiger partial charge < -0.3 is 19.9 Å². The van der Waals surface area contributed by atoms with Crippen LogP contribution in [-0.2, 0) is 15.8 Å². The van der Waals surface area contributed by atoms with Crippen molar-refractivity contribution >= 4 is 23.2 Å². The Morgan fingerprint density at radius 3 is 2.44 bits per heavy atom. The number of nitrogens with zero attached hydrogens (tertiary/aromatic N) is 2. The summed E-state index contributed by atoms with van der Waals surface area (Å²) >= 11 is 0. The normalized spacial score (nSPS) is 18.5. The van der Waals surface area contributed by atoms with Crippen molar-refractivity contribution in [2.45, 2.75) is 31.5 Å².